The van der Waals surface area contributed by atoms with E-state index in [1.807, 2.05) is 0 Å². The van der Waals surface area contributed by atoms with Gasteiger partial charge in [0.1, 0.15) is 11.5 Å². The molecule has 110 valence electrons. The van der Waals surface area contributed by atoms with Crippen molar-refractivity contribution in [2.45, 2.75) is 13.1 Å². The number of rotatable bonds is 5. The molecule has 0 atom stereocenters. The van der Waals surface area contributed by atoms with Gasteiger partial charge in [-0.3, -0.25) is 9.78 Å². The summed E-state index contributed by atoms with van der Waals surface area (Å²) >= 11 is 0. The molecule has 21 heavy (non-hydrogen) atoms. The molecule has 1 aromatic carbocycles. The second-order valence-corrected chi connectivity index (χ2v) is 4.49. The number of carbonyl (C=O) groups is 1. The van der Waals surface area contributed by atoms with Crippen LogP contribution in [0.5, 0.6) is 0 Å². The van der Waals surface area contributed by atoms with Gasteiger partial charge in [-0.15, -0.1) is 0 Å². The van der Waals surface area contributed by atoms with E-state index >= 15 is 0 Å². The average Bonchev–Trinajstić information content (AvgIpc) is 2.53. The molecular weight excluding hydrogens is 271 g/mol. The van der Waals surface area contributed by atoms with Gasteiger partial charge in [-0.2, -0.15) is 0 Å². The van der Waals surface area contributed by atoms with Gasteiger partial charge in [-0.25, -0.2) is 4.39 Å². The van der Waals surface area contributed by atoms with Gasteiger partial charge in [0.15, 0.2) is 0 Å². The van der Waals surface area contributed by atoms with Crippen molar-refractivity contribution in [3.63, 3.8) is 0 Å². The largest absolute Gasteiger partial charge is 0.381 e. The van der Waals surface area contributed by atoms with Crippen molar-refractivity contribution in [3.05, 3.63) is 59.2 Å². The van der Waals surface area contributed by atoms with E-state index in [0.29, 0.717) is 30.0 Å². The Morgan fingerprint density at radius 1 is 1.33 bits per heavy atom. The van der Waals surface area contributed by atoms with E-state index in [-0.39, 0.29) is 11.7 Å². The highest BCUT2D eigenvalue weighted by Gasteiger charge is 2.06. The topological polar surface area (TPSA) is 80.0 Å². The minimum absolute atomic E-state index is 0.267. The Morgan fingerprint density at radius 2 is 2.14 bits per heavy atom. The Morgan fingerprint density at radius 3 is 2.81 bits per heavy atom. The smallest absolute Gasteiger partial charge is 0.269 e. The van der Waals surface area contributed by atoms with Crippen molar-refractivity contribution in [2.24, 2.45) is 5.73 Å². The number of carbonyl (C=O) groups excluding carboxylic acids is 1. The van der Waals surface area contributed by atoms with Gasteiger partial charge in [0.25, 0.3) is 5.91 Å². The number of amides is 1. The number of pyridine rings is 1. The number of halogens is 1. The van der Waals surface area contributed by atoms with Crippen LogP contribution in [0.15, 0.2) is 36.5 Å². The van der Waals surface area contributed by atoms with E-state index in [9.17, 15) is 9.18 Å². The first kappa shape index (κ1) is 14.9. The predicted molar refractivity (Wildman–Crippen MR) is 79.2 cm³/mol. The van der Waals surface area contributed by atoms with E-state index in [4.69, 9.17) is 5.73 Å². The Hall–Kier alpha value is -2.47. The normalized spacial score (nSPS) is 10.2. The maximum absolute atomic E-state index is 13.8. The molecule has 0 bridgehead atoms. The molecule has 1 heterocycles. The second-order valence-electron chi connectivity index (χ2n) is 4.49. The van der Waals surface area contributed by atoms with Crippen LogP contribution < -0.4 is 16.4 Å². The molecule has 0 radical (unpaired) electrons. The highest BCUT2D eigenvalue weighted by molar-refractivity contribution is 5.92. The Kier molecular flexibility index (Phi) is 4.84. The number of benzene rings is 1. The van der Waals surface area contributed by atoms with Crippen LogP contribution in [0.1, 0.15) is 21.6 Å². The SMILES string of the molecule is CNC(=O)c1cc(NCc2ccc(CN)cc2F)ccn1. The van der Waals surface area contributed by atoms with Crippen molar-refractivity contribution in [1.29, 1.82) is 0 Å². The molecule has 2 rings (SSSR count). The molecule has 0 saturated heterocycles. The fourth-order valence-corrected chi connectivity index (χ4v) is 1.85. The zero-order chi connectivity index (χ0) is 15.2. The second kappa shape index (κ2) is 6.81. The van der Waals surface area contributed by atoms with E-state index in [0.717, 1.165) is 5.56 Å². The molecule has 1 amide bonds. The lowest BCUT2D eigenvalue weighted by molar-refractivity contribution is 0.0958. The monoisotopic (exact) mass is 288 g/mol. The quantitative estimate of drug-likeness (QED) is 0.781. The van der Waals surface area contributed by atoms with Gasteiger partial charge in [0.2, 0.25) is 0 Å². The molecule has 0 unspecified atom stereocenters. The molecule has 0 fully saturated rings. The van der Waals surface area contributed by atoms with Crippen molar-refractivity contribution < 1.29 is 9.18 Å². The van der Waals surface area contributed by atoms with E-state index in [1.165, 1.54) is 12.3 Å². The molecule has 6 heteroatoms. The van der Waals surface area contributed by atoms with E-state index < -0.39 is 0 Å². The molecule has 0 saturated carbocycles. The third-order valence-electron chi connectivity index (χ3n) is 3.06. The van der Waals surface area contributed by atoms with Crippen LogP contribution in [0.2, 0.25) is 0 Å². The molecular formula is C15H17FN4O. The third-order valence-corrected chi connectivity index (χ3v) is 3.06. The van der Waals surface area contributed by atoms with Gasteiger partial charge in [0, 0.05) is 37.6 Å². The van der Waals surface area contributed by atoms with Crippen LogP contribution in [0.25, 0.3) is 0 Å². The van der Waals surface area contributed by atoms with E-state index in [1.54, 1.807) is 31.3 Å². The summed E-state index contributed by atoms with van der Waals surface area (Å²) in [7, 11) is 1.54. The number of nitrogens with zero attached hydrogens (tertiary/aromatic N) is 1. The minimum Gasteiger partial charge on any atom is -0.381 e. The van der Waals surface area contributed by atoms with Gasteiger partial charge >= 0.3 is 0 Å². The first-order valence-electron chi connectivity index (χ1n) is 6.53. The fraction of sp³-hybridized carbons (Fsp3) is 0.200. The first-order chi connectivity index (χ1) is 10.1. The summed E-state index contributed by atoms with van der Waals surface area (Å²) in [5.41, 5.74) is 7.76. The predicted octanol–water partition coefficient (Wildman–Crippen LogP) is 1.65. The summed E-state index contributed by atoms with van der Waals surface area (Å²) in [6, 6.07) is 8.26. The lowest BCUT2D eigenvalue weighted by atomic mass is 10.1. The third kappa shape index (κ3) is 3.76. The van der Waals surface area contributed by atoms with Crippen molar-refractivity contribution in [2.75, 3.05) is 12.4 Å². The summed E-state index contributed by atoms with van der Waals surface area (Å²) in [6.45, 7) is 0.623. The van der Waals surface area contributed by atoms with Gasteiger partial charge in [-0.1, -0.05) is 12.1 Å². The molecule has 0 aliphatic rings. The molecule has 4 N–H and O–H groups in total. The standard InChI is InChI=1S/C15H17FN4O/c1-18-15(21)14-7-12(4-5-19-14)20-9-11-3-2-10(8-17)6-13(11)16/h2-7H,8-9,17H2,1H3,(H,18,21)(H,19,20). The number of nitrogens with two attached hydrogens (primary N) is 1. The maximum atomic E-state index is 13.8. The maximum Gasteiger partial charge on any atom is 0.269 e. The van der Waals surface area contributed by atoms with Gasteiger partial charge < -0.3 is 16.4 Å². The Bertz CT molecular complexity index is 645. The van der Waals surface area contributed by atoms with Crippen LogP contribution >= 0.6 is 0 Å². The summed E-state index contributed by atoms with van der Waals surface area (Å²) in [6.07, 6.45) is 1.53. The number of anilines is 1. The fourth-order valence-electron chi connectivity index (χ4n) is 1.85. The molecule has 0 spiro atoms. The van der Waals surface area contributed by atoms with Crippen LogP contribution in [0.4, 0.5) is 10.1 Å². The number of nitrogens with one attached hydrogen (secondary N) is 2. The number of hydrogen-bond donors (Lipinski definition) is 3. The first-order valence-corrected chi connectivity index (χ1v) is 6.53. The molecule has 2 aromatic rings. The average molecular weight is 288 g/mol. The van der Waals surface area contributed by atoms with Crippen LogP contribution in [0, 0.1) is 5.82 Å². The lowest BCUT2D eigenvalue weighted by Crippen LogP contribution is -2.19. The van der Waals surface area contributed by atoms with E-state index in [2.05, 4.69) is 15.6 Å². The van der Waals surface area contributed by atoms with Crippen molar-refractivity contribution in [3.8, 4) is 0 Å². The van der Waals surface area contributed by atoms with Crippen LogP contribution in [-0.4, -0.2) is 17.9 Å². The Labute approximate surface area is 122 Å². The van der Waals surface area contributed by atoms with Crippen molar-refractivity contribution >= 4 is 11.6 Å². The molecule has 0 aliphatic carbocycles. The molecule has 0 aliphatic heterocycles. The minimum atomic E-state index is -0.300. The zero-order valence-corrected chi connectivity index (χ0v) is 11.7. The lowest BCUT2D eigenvalue weighted by Gasteiger charge is -2.09. The highest BCUT2D eigenvalue weighted by Crippen LogP contribution is 2.14. The van der Waals surface area contributed by atoms with Crippen LogP contribution in [0.3, 0.4) is 0 Å². The van der Waals surface area contributed by atoms with Gasteiger partial charge in [-0.05, 0) is 23.8 Å². The summed E-state index contributed by atoms with van der Waals surface area (Å²) in [5.74, 6) is -0.567. The molecule has 1 aromatic heterocycles. The van der Waals surface area contributed by atoms with Crippen molar-refractivity contribution in [1.82, 2.24) is 10.3 Å². The number of hydrogen-bond acceptors (Lipinski definition) is 4. The van der Waals surface area contributed by atoms with Gasteiger partial charge in [0.05, 0.1) is 0 Å². The summed E-state index contributed by atoms with van der Waals surface area (Å²) < 4.78 is 13.8. The Balaban J connectivity index is 2.08. The molecule has 5 nitrogen and oxygen atoms in total. The van der Waals surface area contributed by atoms with Crippen LogP contribution in [-0.2, 0) is 13.1 Å². The highest BCUT2D eigenvalue weighted by atomic mass is 19.1. The summed E-state index contributed by atoms with van der Waals surface area (Å²) in [4.78, 5) is 15.5. The summed E-state index contributed by atoms with van der Waals surface area (Å²) in [5, 5.41) is 5.57. The number of aromatic nitrogens is 1. The zero-order valence-electron chi connectivity index (χ0n) is 11.7.